The second-order valence-corrected chi connectivity index (χ2v) is 14.4. The summed E-state index contributed by atoms with van der Waals surface area (Å²) in [5.74, 6) is 4.33. The van der Waals surface area contributed by atoms with Crippen molar-refractivity contribution in [3.63, 3.8) is 0 Å². The zero-order valence-electron chi connectivity index (χ0n) is 16.2. The highest BCUT2D eigenvalue weighted by Gasteiger charge is 2.62. The minimum Gasteiger partial charge on any atom is -0.390 e. The highest BCUT2D eigenvalue weighted by Crippen LogP contribution is 2.71. The molecule has 8 atom stereocenters. The van der Waals surface area contributed by atoms with E-state index in [0.29, 0.717) is 11.1 Å². The Bertz CT molecular complexity index is 497. The van der Waals surface area contributed by atoms with Gasteiger partial charge in [-0.25, -0.2) is 0 Å². The van der Waals surface area contributed by atoms with Gasteiger partial charge in [-0.1, -0.05) is 6.92 Å². The molecule has 4 aliphatic rings. The van der Waals surface area contributed by atoms with Crippen LogP contribution >= 0.6 is 7.49 Å². The van der Waals surface area contributed by atoms with Crippen LogP contribution in [0.2, 0.25) is 0 Å². The summed E-state index contributed by atoms with van der Waals surface area (Å²) in [4.78, 5) is 10.8. The average molecular weight is 354 g/mol. The van der Waals surface area contributed by atoms with E-state index in [-0.39, 0.29) is 0 Å². The van der Waals surface area contributed by atoms with Crippen molar-refractivity contribution in [1.82, 2.24) is 0 Å². The van der Waals surface area contributed by atoms with Crippen LogP contribution in [0.15, 0.2) is 0 Å². The maximum atomic E-state index is 10.8. The Morgan fingerprint density at radius 2 is 1.54 bits per heavy atom. The molecule has 0 heterocycles. The van der Waals surface area contributed by atoms with Crippen LogP contribution in [0.4, 0.5) is 0 Å². The van der Waals surface area contributed by atoms with Gasteiger partial charge in [0.15, 0.2) is 0 Å². The molecule has 0 aromatic carbocycles. The van der Waals surface area contributed by atoms with Gasteiger partial charge in [0.05, 0.1) is 18.9 Å². The van der Waals surface area contributed by atoms with Crippen LogP contribution in [0.5, 0.6) is 0 Å². The molecule has 3 heteroatoms. The number of hydrogen-bond acceptors (Lipinski definition) is 2. The molecule has 2 N–H and O–H groups in total. The standard InChI is InChI=1S/C21H38O2P/c1-20(22)11-9-15-14(13-20)5-6-17-16(15)10-12-21(2)18(17)7-8-19(21)24(3,4)23/h14-19,22-23H,5-13H2,1-4H3/q+1/t14-,15+,16-,17-,18+,19+,20-,21+/m1/s1. The molecule has 0 amide bonds. The lowest BCUT2D eigenvalue weighted by atomic mass is 9.50. The summed E-state index contributed by atoms with van der Waals surface area (Å²) in [5.41, 5.74) is 0.585. The summed E-state index contributed by atoms with van der Waals surface area (Å²) >= 11 is 0. The molecule has 0 bridgehead atoms. The molecule has 0 radical (unpaired) electrons. The van der Waals surface area contributed by atoms with E-state index >= 15 is 0 Å². The van der Waals surface area contributed by atoms with Gasteiger partial charge in [-0.05, 0) is 94.3 Å². The van der Waals surface area contributed by atoms with Crippen molar-refractivity contribution in [2.24, 2.45) is 35.0 Å². The van der Waals surface area contributed by atoms with E-state index in [1.165, 1.54) is 44.9 Å². The maximum absolute atomic E-state index is 10.8. The molecular formula is C21H38O2P+. The number of fused-ring (bicyclic) bond motifs is 5. The smallest absolute Gasteiger partial charge is 0.139 e. The largest absolute Gasteiger partial charge is 0.390 e. The molecule has 4 saturated carbocycles. The van der Waals surface area contributed by atoms with Crippen LogP contribution in [0, 0.1) is 35.0 Å². The number of aliphatic hydroxyl groups is 1. The second-order valence-electron chi connectivity index (χ2n) is 10.8. The normalized spacial score (nSPS) is 54.8. The quantitative estimate of drug-likeness (QED) is 0.655. The average Bonchev–Trinajstić information content (AvgIpc) is 2.83. The fourth-order valence-electron chi connectivity index (χ4n) is 8.09. The molecule has 0 aliphatic heterocycles. The molecule has 0 spiro atoms. The van der Waals surface area contributed by atoms with Gasteiger partial charge < -0.3 is 5.11 Å². The Kier molecular flexibility index (Phi) is 4.19. The molecule has 4 rings (SSSR count). The van der Waals surface area contributed by atoms with Gasteiger partial charge in [-0.15, -0.1) is 0 Å². The van der Waals surface area contributed by atoms with E-state index in [4.69, 9.17) is 0 Å². The van der Waals surface area contributed by atoms with Gasteiger partial charge in [0, 0.05) is 5.41 Å². The third-order valence-corrected chi connectivity index (χ3v) is 11.3. The number of rotatable bonds is 1. The fraction of sp³-hybridized carbons (Fsp3) is 1.00. The van der Waals surface area contributed by atoms with E-state index in [0.717, 1.165) is 42.4 Å². The minimum atomic E-state index is -1.74. The van der Waals surface area contributed by atoms with E-state index in [1.807, 2.05) is 0 Å². The molecule has 24 heavy (non-hydrogen) atoms. The lowest BCUT2D eigenvalue weighted by Gasteiger charge is -2.56. The highest BCUT2D eigenvalue weighted by molar-refractivity contribution is 7.69. The Morgan fingerprint density at radius 1 is 0.833 bits per heavy atom. The van der Waals surface area contributed by atoms with E-state index in [2.05, 4.69) is 27.2 Å². The Balaban J connectivity index is 1.55. The molecule has 4 aliphatic carbocycles. The van der Waals surface area contributed by atoms with Crippen LogP contribution in [-0.4, -0.2) is 34.6 Å². The molecule has 0 unspecified atom stereocenters. The van der Waals surface area contributed by atoms with E-state index < -0.39 is 13.1 Å². The first-order valence-electron chi connectivity index (χ1n) is 10.4. The lowest BCUT2D eigenvalue weighted by Crippen LogP contribution is -2.51. The first-order valence-corrected chi connectivity index (χ1v) is 13.1. The zero-order valence-corrected chi connectivity index (χ0v) is 17.1. The van der Waals surface area contributed by atoms with Gasteiger partial charge in [0.2, 0.25) is 0 Å². The summed E-state index contributed by atoms with van der Waals surface area (Å²) < 4.78 is 0. The maximum Gasteiger partial charge on any atom is 0.139 e. The summed E-state index contributed by atoms with van der Waals surface area (Å²) in [6.07, 6.45) is 11.4. The van der Waals surface area contributed by atoms with E-state index in [1.54, 1.807) is 0 Å². The van der Waals surface area contributed by atoms with Crippen molar-refractivity contribution in [2.75, 3.05) is 13.3 Å². The molecule has 4 fully saturated rings. The molecule has 0 aromatic heterocycles. The second kappa shape index (κ2) is 5.67. The predicted octanol–water partition coefficient (Wildman–Crippen LogP) is 4.94. The van der Waals surface area contributed by atoms with Crippen LogP contribution in [0.1, 0.15) is 71.6 Å². The zero-order chi connectivity index (χ0) is 17.3. The highest BCUT2D eigenvalue weighted by atomic mass is 31.2. The molecule has 2 nitrogen and oxygen atoms in total. The third kappa shape index (κ3) is 2.71. The third-order valence-electron chi connectivity index (χ3n) is 8.95. The molecular weight excluding hydrogens is 315 g/mol. The Labute approximate surface area is 149 Å². The van der Waals surface area contributed by atoms with Crippen molar-refractivity contribution < 1.29 is 10.00 Å². The summed E-state index contributed by atoms with van der Waals surface area (Å²) in [5, 5.41) is 10.5. The Morgan fingerprint density at radius 3 is 2.25 bits per heavy atom. The fourth-order valence-corrected chi connectivity index (χ4v) is 10.6. The van der Waals surface area contributed by atoms with Crippen molar-refractivity contribution in [2.45, 2.75) is 82.9 Å². The van der Waals surface area contributed by atoms with Crippen molar-refractivity contribution in [3.05, 3.63) is 0 Å². The van der Waals surface area contributed by atoms with Crippen molar-refractivity contribution >= 4 is 7.49 Å². The number of hydrogen-bond donors (Lipinski definition) is 2. The van der Waals surface area contributed by atoms with Gasteiger partial charge in [0.1, 0.15) is 13.1 Å². The molecule has 0 saturated heterocycles. The SMILES string of the molecule is C[C@@]1(O)CC[C@H]2[C@H](CC[C@@H]3[C@@H]2CC[C@@]2(C)[C@H]3CC[C@@H]2[P+](C)(C)O)C1. The van der Waals surface area contributed by atoms with Crippen LogP contribution in [0.25, 0.3) is 0 Å². The topological polar surface area (TPSA) is 40.5 Å². The molecule has 0 aromatic rings. The van der Waals surface area contributed by atoms with Gasteiger partial charge >= 0.3 is 0 Å². The Hall–Kier alpha value is 0.350. The van der Waals surface area contributed by atoms with Crippen LogP contribution in [0.3, 0.4) is 0 Å². The summed E-state index contributed by atoms with van der Waals surface area (Å²) in [6.45, 7) is 8.89. The predicted molar refractivity (Wildman–Crippen MR) is 103 cm³/mol. The van der Waals surface area contributed by atoms with Crippen LogP contribution < -0.4 is 0 Å². The monoisotopic (exact) mass is 353 g/mol. The van der Waals surface area contributed by atoms with Gasteiger partial charge in [-0.3, -0.25) is 4.89 Å². The lowest BCUT2D eigenvalue weighted by molar-refractivity contribution is -0.0935. The van der Waals surface area contributed by atoms with Crippen LogP contribution in [-0.2, 0) is 0 Å². The minimum absolute atomic E-state index is 0.402. The first kappa shape index (κ1) is 17.7. The summed E-state index contributed by atoms with van der Waals surface area (Å²) in [6, 6.07) is 0. The van der Waals surface area contributed by atoms with Gasteiger partial charge in [0.25, 0.3) is 0 Å². The van der Waals surface area contributed by atoms with E-state index in [9.17, 15) is 10.00 Å². The first-order chi connectivity index (χ1) is 11.1. The van der Waals surface area contributed by atoms with Gasteiger partial charge in [-0.2, -0.15) is 0 Å². The van der Waals surface area contributed by atoms with Crippen molar-refractivity contribution in [1.29, 1.82) is 0 Å². The molecule has 138 valence electrons. The summed E-state index contributed by atoms with van der Waals surface area (Å²) in [7, 11) is -1.74. The van der Waals surface area contributed by atoms with Crippen molar-refractivity contribution in [3.8, 4) is 0 Å².